The van der Waals surface area contributed by atoms with Crippen molar-refractivity contribution in [1.82, 2.24) is 5.32 Å². The van der Waals surface area contributed by atoms with Crippen LogP contribution in [0.3, 0.4) is 0 Å². The van der Waals surface area contributed by atoms with E-state index < -0.39 is 0 Å². The lowest BCUT2D eigenvalue weighted by Crippen LogP contribution is -2.39. The van der Waals surface area contributed by atoms with Gasteiger partial charge in [-0.05, 0) is 18.4 Å². The molecule has 0 radical (unpaired) electrons. The Bertz CT molecular complexity index is 139. The zero-order valence-electron chi connectivity index (χ0n) is 7.94. The first-order chi connectivity index (χ1) is 5.84. The van der Waals surface area contributed by atoms with Crippen LogP contribution in [0.5, 0.6) is 0 Å². The molecular weight excluding hydrogens is 150 g/mol. The van der Waals surface area contributed by atoms with Gasteiger partial charge in [-0.1, -0.05) is 19.9 Å². The van der Waals surface area contributed by atoms with E-state index >= 15 is 0 Å². The van der Waals surface area contributed by atoms with Crippen LogP contribution < -0.4 is 5.32 Å². The summed E-state index contributed by atoms with van der Waals surface area (Å²) in [6.07, 6.45) is 3.85. The zero-order valence-corrected chi connectivity index (χ0v) is 7.94. The average molecular weight is 169 g/mol. The number of hydrogen-bond acceptors (Lipinski definition) is 2. The summed E-state index contributed by atoms with van der Waals surface area (Å²) in [6.45, 7) is 9.01. The first-order valence-electron chi connectivity index (χ1n) is 4.84. The van der Waals surface area contributed by atoms with Gasteiger partial charge in [-0.25, -0.2) is 0 Å². The number of rotatable bonds is 4. The van der Waals surface area contributed by atoms with Crippen LogP contribution in [-0.2, 0) is 4.74 Å². The van der Waals surface area contributed by atoms with Gasteiger partial charge in [0.15, 0.2) is 0 Å². The molecule has 1 rings (SSSR count). The molecule has 0 aromatic heterocycles. The van der Waals surface area contributed by atoms with Gasteiger partial charge in [0.2, 0.25) is 0 Å². The standard InChI is InChI=1S/C10H19NO/c1-3-4-5-9(2)10-8-11-6-7-12-10/h10-11H,2-8H2,1H3. The maximum absolute atomic E-state index is 5.57. The minimum absolute atomic E-state index is 0.269. The molecule has 1 fully saturated rings. The summed E-state index contributed by atoms with van der Waals surface area (Å²) in [6, 6.07) is 0. The maximum Gasteiger partial charge on any atom is 0.0907 e. The van der Waals surface area contributed by atoms with Crippen molar-refractivity contribution in [2.24, 2.45) is 0 Å². The van der Waals surface area contributed by atoms with E-state index in [-0.39, 0.29) is 6.10 Å². The van der Waals surface area contributed by atoms with Gasteiger partial charge in [0, 0.05) is 13.1 Å². The third-order valence-corrected chi connectivity index (χ3v) is 2.23. The molecule has 0 saturated carbocycles. The Kier molecular flexibility index (Phi) is 4.33. The fourth-order valence-corrected chi connectivity index (χ4v) is 1.39. The van der Waals surface area contributed by atoms with Gasteiger partial charge < -0.3 is 10.1 Å². The topological polar surface area (TPSA) is 21.3 Å². The highest BCUT2D eigenvalue weighted by Crippen LogP contribution is 2.13. The van der Waals surface area contributed by atoms with Crippen molar-refractivity contribution in [3.8, 4) is 0 Å². The van der Waals surface area contributed by atoms with E-state index in [0.29, 0.717) is 0 Å². The van der Waals surface area contributed by atoms with Crippen molar-refractivity contribution in [3.05, 3.63) is 12.2 Å². The lowest BCUT2D eigenvalue weighted by molar-refractivity contribution is 0.0499. The van der Waals surface area contributed by atoms with Gasteiger partial charge in [0.25, 0.3) is 0 Å². The first-order valence-corrected chi connectivity index (χ1v) is 4.84. The third-order valence-electron chi connectivity index (χ3n) is 2.23. The Morgan fingerprint density at radius 2 is 2.50 bits per heavy atom. The minimum Gasteiger partial charge on any atom is -0.371 e. The highest BCUT2D eigenvalue weighted by molar-refractivity contribution is 5.04. The van der Waals surface area contributed by atoms with Crippen LogP contribution in [0.15, 0.2) is 12.2 Å². The molecule has 70 valence electrons. The average Bonchev–Trinajstić information content (AvgIpc) is 2.15. The quantitative estimate of drug-likeness (QED) is 0.647. The predicted octanol–water partition coefficient (Wildman–Crippen LogP) is 1.72. The SMILES string of the molecule is C=C(CCCC)C1CNCCO1. The lowest BCUT2D eigenvalue weighted by atomic mass is 10.0. The predicted molar refractivity (Wildman–Crippen MR) is 51.3 cm³/mol. The van der Waals surface area contributed by atoms with Crippen LogP contribution in [0.4, 0.5) is 0 Å². The van der Waals surface area contributed by atoms with E-state index in [0.717, 1.165) is 26.1 Å². The molecule has 1 heterocycles. The van der Waals surface area contributed by atoms with Crippen molar-refractivity contribution < 1.29 is 4.74 Å². The van der Waals surface area contributed by atoms with Gasteiger partial charge in [-0.2, -0.15) is 0 Å². The molecule has 1 N–H and O–H groups in total. The molecule has 1 unspecified atom stereocenters. The summed E-state index contributed by atoms with van der Waals surface area (Å²) < 4.78 is 5.57. The third kappa shape index (κ3) is 2.95. The van der Waals surface area contributed by atoms with E-state index in [1.807, 2.05) is 0 Å². The first kappa shape index (κ1) is 9.75. The maximum atomic E-state index is 5.57. The van der Waals surface area contributed by atoms with Crippen molar-refractivity contribution in [2.75, 3.05) is 19.7 Å². The summed E-state index contributed by atoms with van der Waals surface area (Å²) in [4.78, 5) is 0. The lowest BCUT2D eigenvalue weighted by Gasteiger charge is -2.25. The Morgan fingerprint density at radius 3 is 3.08 bits per heavy atom. The summed E-state index contributed by atoms with van der Waals surface area (Å²) in [5.74, 6) is 0. The number of ether oxygens (including phenoxy) is 1. The molecule has 12 heavy (non-hydrogen) atoms. The molecule has 0 aliphatic carbocycles. The van der Waals surface area contributed by atoms with E-state index in [9.17, 15) is 0 Å². The molecule has 2 heteroatoms. The monoisotopic (exact) mass is 169 g/mol. The van der Waals surface area contributed by atoms with Crippen LogP contribution >= 0.6 is 0 Å². The van der Waals surface area contributed by atoms with Crippen molar-refractivity contribution in [3.63, 3.8) is 0 Å². The Hall–Kier alpha value is -0.340. The summed E-state index contributed by atoms with van der Waals surface area (Å²) >= 11 is 0. The van der Waals surface area contributed by atoms with Gasteiger partial charge in [0.1, 0.15) is 0 Å². The van der Waals surface area contributed by atoms with Gasteiger partial charge in [0.05, 0.1) is 12.7 Å². The van der Waals surface area contributed by atoms with Crippen molar-refractivity contribution in [2.45, 2.75) is 32.3 Å². The van der Waals surface area contributed by atoms with E-state index in [1.165, 1.54) is 18.4 Å². The van der Waals surface area contributed by atoms with Crippen LogP contribution in [0.2, 0.25) is 0 Å². The van der Waals surface area contributed by atoms with E-state index in [4.69, 9.17) is 4.74 Å². The number of hydrogen-bond donors (Lipinski definition) is 1. The second-order valence-electron chi connectivity index (χ2n) is 3.33. The molecule has 1 aliphatic heterocycles. The van der Waals surface area contributed by atoms with Crippen molar-refractivity contribution in [1.29, 1.82) is 0 Å². The Balaban J connectivity index is 2.20. The van der Waals surface area contributed by atoms with Crippen LogP contribution in [0.25, 0.3) is 0 Å². The highest BCUT2D eigenvalue weighted by Gasteiger charge is 2.15. The number of unbranched alkanes of at least 4 members (excludes halogenated alkanes) is 1. The molecule has 1 atom stereocenters. The molecular formula is C10H19NO. The molecule has 0 bridgehead atoms. The summed E-state index contributed by atoms with van der Waals surface area (Å²) in [5.41, 5.74) is 1.25. The fourth-order valence-electron chi connectivity index (χ4n) is 1.39. The molecule has 1 aliphatic rings. The minimum atomic E-state index is 0.269. The summed E-state index contributed by atoms with van der Waals surface area (Å²) in [7, 11) is 0. The normalized spacial score (nSPS) is 23.9. The molecule has 0 spiro atoms. The molecule has 0 aromatic rings. The molecule has 0 aromatic carbocycles. The molecule has 0 amide bonds. The van der Waals surface area contributed by atoms with E-state index in [2.05, 4.69) is 18.8 Å². The van der Waals surface area contributed by atoms with Gasteiger partial charge in [-0.3, -0.25) is 0 Å². The molecule has 2 nitrogen and oxygen atoms in total. The second kappa shape index (κ2) is 5.33. The number of nitrogens with one attached hydrogen (secondary N) is 1. The Morgan fingerprint density at radius 1 is 1.67 bits per heavy atom. The van der Waals surface area contributed by atoms with Gasteiger partial charge in [-0.15, -0.1) is 0 Å². The van der Waals surface area contributed by atoms with Crippen molar-refractivity contribution >= 4 is 0 Å². The number of morpholine rings is 1. The smallest absolute Gasteiger partial charge is 0.0907 e. The second-order valence-corrected chi connectivity index (χ2v) is 3.33. The fraction of sp³-hybridized carbons (Fsp3) is 0.800. The van der Waals surface area contributed by atoms with Crippen LogP contribution in [0, 0.1) is 0 Å². The summed E-state index contributed by atoms with van der Waals surface area (Å²) in [5, 5.41) is 3.31. The van der Waals surface area contributed by atoms with Crippen LogP contribution in [0.1, 0.15) is 26.2 Å². The molecule has 1 saturated heterocycles. The van der Waals surface area contributed by atoms with Gasteiger partial charge >= 0.3 is 0 Å². The van der Waals surface area contributed by atoms with Crippen LogP contribution in [-0.4, -0.2) is 25.8 Å². The zero-order chi connectivity index (χ0) is 8.81. The highest BCUT2D eigenvalue weighted by atomic mass is 16.5. The Labute approximate surface area is 75.0 Å². The van der Waals surface area contributed by atoms with E-state index in [1.54, 1.807) is 0 Å². The largest absolute Gasteiger partial charge is 0.371 e.